The molecule has 142 valence electrons. The van der Waals surface area contributed by atoms with Crippen molar-refractivity contribution >= 4 is 11.8 Å². The fraction of sp³-hybridized carbons (Fsp3) is 0.650. The highest BCUT2D eigenvalue weighted by atomic mass is 16.5. The fourth-order valence-electron chi connectivity index (χ4n) is 3.44. The second-order valence-electron chi connectivity index (χ2n) is 7.98. The topological polar surface area (TPSA) is 80.3 Å². The molecule has 0 bridgehead atoms. The summed E-state index contributed by atoms with van der Waals surface area (Å²) in [5, 5.41) is 5.31. The lowest BCUT2D eigenvalue weighted by Crippen LogP contribution is -2.54. The van der Waals surface area contributed by atoms with Crippen LogP contribution in [0.3, 0.4) is 0 Å². The van der Waals surface area contributed by atoms with Crippen LogP contribution in [-0.4, -0.2) is 36.0 Å². The molecule has 0 radical (unpaired) electrons. The second kappa shape index (κ2) is 7.64. The van der Waals surface area contributed by atoms with Gasteiger partial charge in [0.15, 0.2) is 0 Å². The zero-order chi connectivity index (χ0) is 18.7. The van der Waals surface area contributed by atoms with E-state index in [9.17, 15) is 9.59 Å². The van der Waals surface area contributed by atoms with E-state index < -0.39 is 5.54 Å². The minimum absolute atomic E-state index is 0.251. The SMILES string of the molecule is CNC(=O)C(C)(C)NC(=O)c1ccc(C2CCCC2)c(OCC2CC2)n1. The Hall–Kier alpha value is -2.11. The van der Waals surface area contributed by atoms with Gasteiger partial charge in [0.1, 0.15) is 11.2 Å². The van der Waals surface area contributed by atoms with Crippen LogP contribution >= 0.6 is 0 Å². The van der Waals surface area contributed by atoms with Crippen molar-refractivity contribution in [2.24, 2.45) is 5.92 Å². The lowest BCUT2D eigenvalue weighted by molar-refractivity contribution is -0.125. The third-order valence-corrected chi connectivity index (χ3v) is 5.29. The van der Waals surface area contributed by atoms with Gasteiger partial charge < -0.3 is 15.4 Å². The van der Waals surface area contributed by atoms with Crippen LogP contribution in [0.1, 0.15) is 74.3 Å². The van der Waals surface area contributed by atoms with Crippen molar-refractivity contribution in [3.63, 3.8) is 0 Å². The molecule has 0 atom stereocenters. The lowest BCUT2D eigenvalue weighted by Gasteiger charge is -2.24. The first kappa shape index (κ1) is 18.7. The normalized spacial score (nSPS) is 17.8. The van der Waals surface area contributed by atoms with E-state index in [1.807, 2.05) is 6.07 Å². The van der Waals surface area contributed by atoms with Gasteiger partial charge in [-0.1, -0.05) is 18.9 Å². The van der Waals surface area contributed by atoms with Crippen LogP contribution < -0.4 is 15.4 Å². The van der Waals surface area contributed by atoms with Crippen molar-refractivity contribution in [2.75, 3.05) is 13.7 Å². The van der Waals surface area contributed by atoms with E-state index in [0.717, 1.165) is 18.4 Å². The largest absolute Gasteiger partial charge is 0.477 e. The van der Waals surface area contributed by atoms with Crippen molar-refractivity contribution in [1.29, 1.82) is 0 Å². The number of carbonyl (C=O) groups excluding carboxylic acids is 2. The van der Waals surface area contributed by atoms with Crippen molar-refractivity contribution in [3.8, 4) is 5.88 Å². The van der Waals surface area contributed by atoms with E-state index in [4.69, 9.17) is 4.74 Å². The Morgan fingerprint density at radius 3 is 2.50 bits per heavy atom. The van der Waals surface area contributed by atoms with Gasteiger partial charge in [-0.05, 0) is 57.4 Å². The predicted octanol–water partition coefficient (Wildman–Crippen LogP) is 2.78. The summed E-state index contributed by atoms with van der Waals surface area (Å²) in [6, 6.07) is 3.72. The van der Waals surface area contributed by atoms with Gasteiger partial charge in [-0.3, -0.25) is 9.59 Å². The van der Waals surface area contributed by atoms with Gasteiger partial charge in [-0.15, -0.1) is 0 Å². The van der Waals surface area contributed by atoms with E-state index in [0.29, 0.717) is 24.3 Å². The van der Waals surface area contributed by atoms with Crippen molar-refractivity contribution in [1.82, 2.24) is 15.6 Å². The highest BCUT2D eigenvalue weighted by molar-refractivity contribution is 5.97. The quantitative estimate of drug-likeness (QED) is 0.784. The number of amides is 2. The predicted molar refractivity (Wildman–Crippen MR) is 99.3 cm³/mol. The van der Waals surface area contributed by atoms with E-state index in [1.54, 1.807) is 27.0 Å². The molecule has 0 spiro atoms. The molecular formula is C20H29N3O3. The first-order valence-electron chi connectivity index (χ1n) is 9.59. The first-order chi connectivity index (χ1) is 12.4. The van der Waals surface area contributed by atoms with Crippen LogP contribution in [0.5, 0.6) is 5.88 Å². The molecule has 2 saturated carbocycles. The molecule has 1 heterocycles. The van der Waals surface area contributed by atoms with Gasteiger partial charge in [0, 0.05) is 12.6 Å². The number of ether oxygens (including phenoxy) is 1. The Kier molecular flexibility index (Phi) is 5.49. The third kappa shape index (κ3) is 4.34. The molecule has 6 heteroatoms. The van der Waals surface area contributed by atoms with Gasteiger partial charge >= 0.3 is 0 Å². The van der Waals surface area contributed by atoms with E-state index in [1.165, 1.54) is 25.7 Å². The van der Waals surface area contributed by atoms with Gasteiger partial charge in [-0.25, -0.2) is 4.98 Å². The molecule has 2 aliphatic carbocycles. The molecule has 0 aromatic carbocycles. The van der Waals surface area contributed by atoms with Crippen LogP contribution in [0.2, 0.25) is 0 Å². The van der Waals surface area contributed by atoms with Crippen LogP contribution in [-0.2, 0) is 4.79 Å². The molecule has 0 saturated heterocycles. The highest BCUT2D eigenvalue weighted by Gasteiger charge is 2.30. The number of aromatic nitrogens is 1. The number of nitrogens with one attached hydrogen (secondary N) is 2. The van der Waals surface area contributed by atoms with E-state index in [-0.39, 0.29) is 17.5 Å². The minimum atomic E-state index is -1.01. The number of rotatable bonds is 7. The molecule has 6 nitrogen and oxygen atoms in total. The zero-order valence-electron chi connectivity index (χ0n) is 15.9. The van der Waals surface area contributed by atoms with Crippen LogP contribution in [0.4, 0.5) is 0 Å². The third-order valence-electron chi connectivity index (χ3n) is 5.29. The zero-order valence-corrected chi connectivity index (χ0v) is 15.9. The van der Waals surface area contributed by atoms with Crippen LogP contribution in [0, 0.1) is 5.92 Å². The van der Waals surface area contributed by atoms with Gasteiger partial charge in [0.25, 0.3) is 5.91 Å². The Morgan fingerprint density at radius 1 is 1.19 bits per heavy atom. The average molecular weight is 359 g/mol. The summed E-state index contributed by atoms with van der Waals surface area (Å²) in [5.74, 6) is 1.06. The van der Waals surface area contributed by atoms with Crippen molar-refractivity contribution < 1.29 is 14.3 Å². The van der Waals surface area contributed by atoms with Gasteiger partial charge in [0.2, 0.25) is 11.8 Å². The molecule has 3 rings (SSSR count). The number of nitrogens with zero attached hydrogens (tertiary/aromatic N) is 1. The molecule has 1 aromatic heterocycles. The summed E-state index contributed by atoms with van der Waals surface area (Å²) in [4.78, 5) is 29.0. The van der Waals surface area contributed by atoms with E-state index >= 15 is 0 Å². The molecule has 2 amide bonds. The van der Waals surface area contributed by atoms with Crippen molar-refractivity contribution in [2.45, 2.75) is 63.8 Å². The summed E-state index contributed by atoms with van der Waals surface area (Å²) in [5.41, 5.74) is 0.395. The minimum Gasteiger partial charge on any atom is -0.477 e. The Morgan fingerprint density at radius 2 is 1.88 bits per heavy atom. The number of pyridine rings is 1. The number of hydrogen-bond donors (Lipinski definition) is 2. The first-order valence-corrected chi connectivity index (χ1v) is 9.59. The second-order valence-corrected chi connectivity index (χ2v) is 7.98. The maximum atomic E-state index is 12.6. The molecular weight excluding hydrogens is 330 g/mol. The van der Waals surface area contributed by atoms with E-state index in [2.05, 4.69) is 15.6 Å². The smallest absolute Gasteiger partial charge is 0.270 e. The maximum absolute atomic E-state index is 12.6. The fourth-order valence-corrected chi connectivity index (χ4v) is 3.44. The van der Waals surface area contributed by atoms with Crippen molar-refractivity contribution in [3.05, 3.63) is 23.4 Å². The van der Waals surface area contributed by atoms with Crippen LogP contribution in [0.15, 0.2) is 12.1 Å². The Labute approximate surface area is 155 Å². The molecule has 2 fully saturated rings. The lowest BCUT2D eigenvalue weighted by atomic mass is 9.98. The molecule has 26 heavy (non-hydrogen) atoms. The summed E-state index contributed by atoms with van der Waals surface area (Å²) in [6.07, 6.45) is 7.18. The molecule has 2 N–H and O–H groups in total. The molecule has 0 aliphatic heterocycles. The number of likely N-dealkylation sites (N-methyl/N-ethyl adjacent to an activating group) is 1. The standard InChI is InChI=1S/C20H29N3O3/c1-20(2,19(25)21-3)23-17(24)16-11-10-15(14-6-4-5-7-14)18(22-16)26-12-13-8-9-13/h10-11,13-14H,4-9,12H2,1-3H3,(H,21,25)(H,23,24). The average Bonchev–Trinajstić information content (AvgIpc) is 3.30. The molecule has 0 unspecified atom stereocenters. The highest BCUT2D eigenvalue weighted by Crippen LogP contribution is 2.39. The molecule has 1 aromatic rings. The monoisotopic (exact) mass is 359 g/mol. The summed E-state index contributed by atoms with van der Waals surface area (Å²) in [7, 11) is 1.55. The van der Waals surface area contributed by atoms with Gasteiger partial charge in [-0.2, -0.15) is 0 Å². The van der Waals surface area contributed by atoms with Gasteiger partial charge in [0.05, 0.1) is 6.61 Å². The molecule has 2 aliphatic rings. The Balaban J connectivity index is 1.79. The summed E-state index contributed by atoms with van der Waals surface area (Å²) in [6.45, 7) is 4.00. The number of carbonyl (C=O) groups is 2. The summed E-state index contributed by atoms with van der Waals surface area (Å²) >= 11 is 0. The number of hydrogen-bond acceptors (Lipinski definition) is 4. The summed E-state index contributed by atoms with van der Waals surface area (Å²) < 4.78 is 5.99. The maximum Gasteiger partial charge on any atom is 0.270 e. The van der Waals surface area contributed by atoms with Crippen LogP contribution in [0.25, 0.3) is 0 Å². The Bertz CT molecular complexity index is 677.